The minimum absolute atomic E-state index is 0.276. The smallest absolute Gasteiger partial charge is 0.211 e. The normalized spacial score (nSPS) is 12.4. The molecular weight excluding hydrogens is 162 g/mol. The first-order valence-electron chi connectivity index (χ1n) is 4.01. The summed E-state index contributed by atoms with van der Waals surface area (Å²) >= 11 is 0. The third-order valence-electron chi connectivity index (χ3n) is 1.64. The first-order valence-corrected chi connectivity index (χ1v) is 5.51. The molecule has 0 aliphatic heterocycles. The Hall–Kier alpha value is -0.0900. The van der Waals surface area contributed by atoms with Gasteiger partial charge in [0.2, 0.25) is 10.0 Å². The van der Waals surface area contributed by atoms with Crippen LogP contribution in [0.5, 0.6) is 0 Å². The van der Waals surface area contributed by atoms with Crippen molar-refractivity contribution in [3.05, 3.63) is 0 Å². The zero-order valence-corrected chi connectivity index (χ0v) is 8.19. The van der Waals surface area contributed by atoms with Crippen LogP contribution in [-0.4, -0.2) is 20.2 Å². The van der Waals surface area contributed by atoms with Crippen LogP contribution in [0.4, 0.5) is 0 Å². The van der Waals surface area contributed by atoms with Gasteiger partial charge in [0.15, 0.2) is 0 Å². The zero-order chi connectivity index (χ0) is 8.91. The molecule has 0 aromatic heterocycles. The van der Waals surface area contributed by atoms with Gasteiger partial charge in [-0.25, -0.2) is 8.42 Å². The third kappa shape index (κ3) is 3.20. The molecule has 0 saturated carbocycles. The highest BCUT2D eigenvalue weighted by molar-refractivity contribution is 7.90. The van der Waals surface area contributed by atoms with E-state index in [1.807, 2.05) is 13.8 Å². The molecule has 0 aliphatic carbocycles. The topological polar surface area (TPSA) is 48.2 Å². The maximum atomic E-state index is 11.2. The van der Waals surface area contributed by atoms with E-state index in [2.05, 4.69) is 4.72 Å². The van der Waals surface area contributed by atoms with Gasteiger partial charge in [-0.3, -0.25) is 0 Å². The molecule has 3 nitrogen and oxygen atoms in total. The zero-order valence-electron chi connectivity index (χ0n) is 7.37. The first kappa shape index (κ1) is 10.9. The summed E-state index contributed by atoms with van der Waals surface area (Å²) in [5, 5.41) is -0.276. The second-order valence-corrected chi connectivity index (χ2v) is 4.35. The minimum atomic E-state index is -3.15. The monoisotopic (exact) mass is 178 g/mol. The van der Waals surface area contributed by atoms with Crippen LogP contribution in [0.2, 0.25) is 0 Å². The van der Waals surface area contributed by atoms with Crippen molar-refractivity contribution in [3.8, 4) is 0 Å². The lowest BCUT2D eigenvalue weighted by Crippen LogP contribution is -2.28. The van der Waals surface area contributed by atoms with E-state index in [0.717, 1.165) is 0 Å². The molecular formula is C7H16NO2S. The van der Waals surface area contributed by atoms with Crippen molar-refractivity contribution in [2.75, 3.05) is 6.54 Å². The molecule has 67 valence electrons. The largest absolute Gasteiger partial charge is 0.230 e. The van der Waals surface area contributed by atoms with Gasteiger partial charge in [-0.2, -0.15) is 0 Å². The molecule has 0 N–H and O–H groups in total. The predicted octanol–water partition coefficient (Wildman–Crippen LogP) is 1.13. The number of hydrogen-bond donors (Lipinski definition) is 0. The molecule has 0 bridgehead atoms. The highest BCUT2D eigenvalue weighted by atomic mass is 32.2. The summed E-state index contributed by atoms with van der Waals surface area (Å²) in [4.78, 5) is 0. The molecule has 0 saturated heterocycles. The lowest BCUT2D eigenvalue weighted by Gasteiger charge is -2.11. The summed E-state index contributed by atoms with van der Waals surface area (Å²) in [6, 6.07) is 0. The molecule has 0 rings (SSSR count). The Morgan fingerprint density at radius 1 is 1.18 bits per heavy atom. The third-order valence-corrected chi connectivity index (χ3v) is 3.77. The maximum Gasteiger partial charge on any atom is 0.230 e. The van der Waals surface area contributed by atoms with Crippen LogP contribution in [-0.2, 0) is 10.0 Å². The van der Waals surface area contributed by atoms with Crippen molar-refractivity contribution in [1.29, 1.82) is 0 Å². The van der Waals surface area contributed by atoms with Crippen molar-refractivity contribution < 1.29 is 8.42 Å². The molecule has 1 radical (unpaired) electrons. The number of sulfonamides is 1. The van der Waals surface area contributed by atoms with Gasteiger partial charge < -0.3 is 0 Å². The molecule has 0 spiro atoms. The lowest BCUT2D eigenvalue weighted by atomic mass is 10.3. The van der Waals surface area contributed by atoms with E-state index in [-0.39, 0.29) is 5.25 Å². The van der Waals surface area contributed by atoms with Crippen LogP contribution in [0.1, 0.15) is 33.6 Å². The van der Waals surface area contributed by atoms with E-state index < -0.39 is 10.0 Å². The van der Waals surface area contributed by atoms with Crippen LogP contribution in [0.3, 0.4) is 0 Å². The van der Waals surface area contributed by atoms with E-state index >= 15 is 0 Å². The van der Waals surface area contributed by atoms with Crippen molar-refractivity contribution in [2.24, 2.45) is 0 Å². The van der Waals surface area contributed by atoms with Gasteiger partial charge in [-0.05, 0) is 19.8 Å². The molecule has 0 fully saturated rings. The second-order valence-electron chi connectivity index (χ2n) is 2.40. The lowest BCUT2D eigenvalue weighted by molar-refractivity contribution is 0.557. The van der Waals surface area contributed by atoms with E-state index in [1.165, 1.54) is 0 Å². The highest BCUT2D eigenvalue weighted by Gasteiger charge is 2.21. The van der Waals surface area contributed by atoms with Gasteiger partial charge in [-0.1, -0.05) is 13.8 Å². The maximum absolute atomic E-state index is 11.2. The fraction of sp³-hybridized carbons (Fsp3) is 1.00. The van der Waals surface area contributed by atoms with Gasteiger partial charge in [0.1, 0.15) is 0 Å². The van der Waals surface area contributed by atoms with Crippen LogP contribution in [0.15, 0.2) is 0 Å². The standard InChI is InChI=1S/C7H16NO2S/c1-4-7(5-2)11(9,10)8-6-3/h7H,4-6H2,1-3H3. The predicted molar refractivity (Wildman–Crippen MR) is 46.0 cm³/mol. The Kier molecular flexibility index (Phi) is 4.68. The Labute approximate surface area is 69.2 Å². The van der Waals surface area contributed by atoms with Gasteiger partial charge in [-0.15, -0.1) is 4.72 Å². The van der Waals surface area contributed by atoms with Crippen molar-refractivity contribution in [3.63, 3.8) is 0 Å². The summed E-state index contributed by atoms with van der Waals surface area (Å²) in [6.45, 7) is 5.84. The average Bonchev–Trinajstić information content (AvgIpc) is 1.89. The summed E-state index contributed by atoms with van der Waals surface area (Å²) in [7, 11) is -3.15. The van der Waals surface area contributed by atoms with Crippen molar-refractivity contribution >= 4 is 10.0 Å². The van der Waals surface area contributed by atoms with E-state index in [0.29, 0.717) is 19.4 Å². The SMILES string of the molecule is CC[N]S(=O)(=O)C(CC)CC. The Morgan fingerprint density at radius 2 is 1.64 bits per heavy atom. The Bertz CT molecular complexity index is 183. The Morgan fingerprint density at radius 3 is 1.91 bits per heavy atom. The Balaban J connectivity index is 4.26. The van der Waals surface area contributed by atoms with Crippen molar-refractivity contribution in [1.82, 2.24) is 4.72 Å². The first-order chi connectivity index (χ1) is 5.08. The van der Waals surface area contributed by atoms with Crippen molar-refractivity contribution in [2.45, 2.75) is 38.9 Å². The van der Waals surface area contributed by atoms with Gasteiger partial charge >= 0.3 is 0 Å². The molecule has 0 amide bonds. The van der Waals surface area contributed by atoms with Gasteiger partial charge in [0, 0.05) is 6.54 Å². The van der Waals surface area contributed by atoms with Crippen LogP contribution < -0.4 is 4.72 Å². The number of rotatable bonds is 5. The summed E-state index contributed by atoms with van der Waals surface area (Å²) in [5.41, 5.74) is 0. The van der Waals surface area contributed by atoms with Gasteiger partial charge in [0.05, 0.1) is 5.25 Å². The molecule has 0 aliphatic rings. The molecule has 0 aromatic rings. The molecule has 4 heteroatoms. The van der Waals surface area contributed by atoms with Crippen LogP contribution in [0.25, 0.3) is 0 Å². The number of hydrogen-bond acceptors (Lipinski definition) is 2. The van der Waals surface area contributed by atoms with Crippen LogP contribution >= 0.6 is 0 Å². The molecule has 0 atom stereocenters. The molecule has 11 heavy (non-hydrogen) atoms. The fourth-order valence-corrected chi connectivity index (χ4v) is 2.41. The van der Waals surface area contributed by atoms with Gasteiger partial charge in [0.25, 0.3) is 0 Å². The fourth-order valence-electron chi connectivity index (χ4n) is 0.995. The van der Waals surface area contributed by atoms with E-state index in [1.54, 1.807) is 6.92 Å². The summed E-state index contributed by atoms with van der Waals surface area (Å²) in [5.74, 6) is 0. The van der Waals surface area contributed by atoms with E-state index in [4.69, 9.17) is 0 Å². The average molecular weight is 178 g/mol. The molecule has 0 unspecified atom stereocenters. The summed E-state index contributed by atoms with van der Waals surface area (Å²) < 4.78 is 26.0. The number of nitrogens with zero attached hydrogens (tertiary/aromatic N) is 1. The highest BCUT2D eigenvalue weighted by Crippen LogP contribution is 2.08. The van der Waals surface area contributed by atoms with Crippen LogP contribution in [0, 0.1) is 0 Å². The molecule has 0 aromatic carbocycles. The van der Waals surface area contributed by atoms with E-state index in [9.17, 15) is 8.42 Å². The second kappa shape index (κ2) is 4.72. The minimum Gasteiger partial charge on any atom is -0.211 e. The molecule has 0 heterocycles. The summed E-state index contributed by atoms with van der Waals surface area (Å²) in [6.07, 6.45) is 1.31. The quantitative estimate of drug-likeness (QED) is 0.633.